The van der Waals surface area contributed by atoms with Gasteiger partial charge in [0.1, 0.15) is 0 Å². The zero-order valence-electron chi connectivity index (χ0n) is 19.2. The Hall–Kier alpha value is -1.96. The molecule has 4 rings (SSSR count). The van der Waals surface area contributed by atoms with Crippen molar-refractivity contribution in [3.63, 3.8) is 0 Å². The van der Waals surface area contributed by atoms with Crippen LogP contribution in [0.5, 0.6) is 0 Å². The van der Waals surface area contributed by atoms with Crippen molar-refractivity contribution in [2.45, 2.75) is 58.0 Å². The number of aromatic nitrogens is 1. The molecular weight excluding hydrogens is 420 g/mol. The molecule has 2 fully saturated rings. The Bertz CT molecular complexity index is 964. The summed E-state index contributed by atoms with van der Waals surface area (Å²) in [6, 6.07) is 8.58. The Kier molecular flexibility index (Phi) is 8.16. The van der Waals surface area contributed by atoms with Gasteiger partial charge in [-0.2, -0.15) is 0 Å². The molecule has 0 radical (unpaired) electrons. The average molecular weight is 457 g/mol. The summed E-state index contributed by atoms with van der Waals surface area (Å²) < 4.78 is 5.43. The van der Waals surface area contributed by atoms with Crippen molar-refractivity contribution in [3.8, 4) is 0 Å². The van der Waals surface area contributed by atoms with E-state index in [-0.39, 0.29) is 5.56 Å². The van der Waals surface area contributed by atoms with Crippen LogP contribution < -0.4 is 10.9 Å². The highest BCUT2D eigenvalue weighted by atomic mass is 32.1. The number of rotatable bonds is 7. The van der Waals surface area contributed by atoms with Gasteiger partial charge in [0, 0.05) is 36.8 Å². The molecular formula is C25H36N4O2S. The molecule has 2 N–H and O–H groups in total. The van der Waals surface area contributed by atoms with E-state index < -0.39 is 0 Å². The smallest absolute Gasteiger partial charge is 0.253 e. The van der Waals surface area contributed by atoms with Gasteiger partial charge in [-0.25, -0.2) is 0 Å². The van der Waals surface area contributed by atoms with Crippen molar-refractivity contribution in [1.82, 2.24) is 20.1 Å². The number of nitrogens with zero attached hydrogens (tertiary/aromatic N) is 2. The third-order valence-corrected chi connectivity index (χ3v) is 7.10. The van der Waals surface area contributed by atoms with Crippen LogP contribution >= 0.6 is 12.2 Å². The molecule has 6 nitrogen and oxygen atoms in total. The van der Waals surface area contributed by atoms with Crippen LogP contribution in [0.3, 0.4) is 0 Å². The zero-order valence-corrected chi connectivity index (χ0v) is 20.0. The Labute approximate surface area is 196 Å². The second-order valence-corrected chi connectivity index (χ2v) is 9.56. The van der Waals surface area contributed by atoms with Crippen LogP contribution in [0.15, 0.2) is 29.1 Å². The number of thiocarbonyl (C=S) groups is 1. The molecule has 0 spiro atoms. The molecule has 0 amide bonds. The topological polar surface area (TPSA) is 60.6 Å². The molecule has 2 aromatic rings. The number of nitrogens with one attached hydrogen (secondary N) is 2. The fraction of sp³-hybridized carbons (Fsp3) is 0.600. The van der Waals surface area contributed by atoms with Gasteiger partial charge < -0.3 is 19.9 Å². The summed E-state index contributed by atoms with van der Waals surface area (Å²) in [7, 11) is 0. The van der Waals surface area contributed by atoms with Crippen molar-refractivity contribution >= 4 is 28.2 Å². The maximum atomic E-state index is 12.8. The van der Waals surface area contributed by atoms with Crippen molar-refractivity contribution in [2.24, 2.45) is 0 Å². The van der Waals surface area contributed by atoms with E-state index in [1.807, 2.05) is 18.2 Å². The molecule has 32 heavy (non-hydrogen) atoms. The quantitative estimate of drug-likeness (QED) is 0.491. The molecule has 1 aromatic heterocycles. The molecule has 174 valence electrons. The minimum absolute atomic E-state index is 0.0164. The Balaban J connectivity index is 1.43. The molecule has 1 aliphatic carbocycles. The largest absolute Gasteiger partial charge is 0.379 e. The number of aromatic amines is 1. The summed E-state index contributed by atoms with van der Waals surface area (Å²) in [5, 5.41) is 5.35. The first kappa shape index (κ1) is 23.2. The summed E-state index contributed by atoms with van der Waals surface area (Å²) in [5.41, 5.74) is 2.85. The lowest BCUT2D eigenvalue weighted by atomic mass is 9.94. The van der Waals surface area contributed by atoms with Crippen molar-refractivity contribution in [3.05, 3.63) is 45.7 Å². The van der Waals surface area contributed by atoms with Crippen LogP contribution in [0.1, 0.15) is 49.7 Å². The molecule has 2 aliphatic rings. The van der Waals surface area contributed by atoms with Gasteiger partial charge in [0.05, 0.1) is 19.8 Å². The fourth-order valence-corrected chi connectivity index (χ4v) is 5.17. The van der Waals surface area contributed by atoms with E-state index in [0.29, 0.717) is 12.6 Å². The molecule has 1 saturated carbocycles. The predicted molar refractivity (Wildman–Crippen MR) is 134 cm³/mol. The highest BCUT2D eigenvalue weighted by Crippen LogP contribution is 2.24. The van der Waals surface area contributed by atoms with Gasteiger partial charge in [0.25, 0.3) is 5.56 Å². The Morgan fingerprint density at radius 2 is 2.00 bits per heavy atom. The lowest BCUT2D eigenvalue weighted by molar-refractivity contribution is 0.0375. The SMILES string of the molecule is Cc1ccc2[nH]c(=O)c(CN(C(=S)NCCCN3CCOCC3)C3CCCCC3)cc2c1. The third kappa shape index (κ3) is 6.09. The summed E-state index contributed by atoms with van der Waals surface area (Å²) in [6.45, 7) is 8.25. The Morgan fingerprint density at radius 1 is 1.22 bits per heavy atom. The van der Waals surface area contributed by atoms with Crippen LogP contribution in [-0.2, 0) is 11.3 Å². The standard InChI is InChI=1S/C25H36N4O2S/c1-19-8-9-23-20(16-19)17-21(24(30)27-23)18-29(22-6-3-2-4-7-22)25(32)26-10-5-11-28-12-14-31-15-13-28/h8-9,16-17,22H,2-7,10-15,18H2,1H3,(H,26,32)(H,27,30). The molecule has 1 aliphatic heterocycles. The number of pyridine rings is 1. The number of ether oxygens (including phenoxy) is 1. The van der Waals surface area contributed by atoms with Gasteiger partial charge in [-0.3, -0.25) is 9.69 Å². The lowest BCUT2D eigenvalue weighted by Crippen LogP contribution is -2.47. The van der Waals surface area contributed by atoms with Crippen LogP contribution in [0, 0.1) is 6.92 Å². The molecule has 0 atom stereocenters. The van der Waals surface area contributed by atoms with Crippen LogP contribution in [0.2, 0.25) is 0 Å². The average Bonchev–Trinajstić information content (AvgIpc) is 2.82. The van der Waals surface area contributed by atoms with Gasteiger partial charge in [-0.1, -0.05) is 30.9 Å². The molecule has 0 bridgehead atoms. The van der Waals surface area contributed by atoms with Crippen LogP contribution in [-0.4, -0.2) is 65.3 Å². The zero-order chi connectivity index (χ0) is 22.3. The summed E-state index contributed by atoms with van der Waals surface area (Å²) in [6.07, 6.45) is 7.08. The lowest BCUT2D eigenvalue weighted by Gasteiger charge is -2.36. The summed E-state index contributed by atoms with van der Waals surface area (Å²) in [4.78, 5) is 20.6. The van der Waals surface area contributed by atoms with Crippen LogP contribution in [0.4, 0.5) is 0 Å². The highest BCUT2D eigenvalue weighted by Gasteiger charge is 2.24. The number of morpholine rings is 1. The third-order valence-electron chi connectivity index (χ3n) is 6.72. The first-order valence-corrected chi connectivity index (χ1v) is 12.5. The number of fused-ring (bicyclic) bond motifs is 1. The number of hydrogen-bond acceptors (Lipinski definition) is 4. The predicted octanol–water partition coefficient (Wildman–Crippen LogP) is 3.57. The van der Waals surface area contributed by atoms with E-state index in [1.54, 1.807) is 0 Å². The van der Waals surface area contributed by atoms with Gasteiger partial charge in [0.15, 0.2) is 5.11 Å². The summed E-state index contributed by atoms with van der Waals surface area (Å²) in [5.74, 6) is 0. The molecule has 1 aromatic carbocycles. The molecule has 1 saturated heterocycles. The molecule has 7 heteroatoms. The number of H-pyrrole nitrogens is 1. The van der Waals surface area contributed by atoms with Gasteiger partial charge in [-0.15, -0.1) is 0 Å². The minimum Gasteiger partial charge on any atom is -0.379 e. The van der Waals surface area contributed by atoms with Crippen molar-refractivity contribution in [1.29, 1.82) is 0 Å². The first-order chi connectivity index (χ1) is 15.6. The monoisotopic (exact) mass is 456 g/mol. The fourth-order valence-electron chi connectivity index (χ4n) is 4.86. The van der Waals surface area contributed by atoms with E-state index >= 15 is 0 Å². The van der Waals surface area contributed by atoms with E-state index in [1.165, 1.54) is 24.8 Å². The highest BCUT2D eigenvalue weighted by molar-refractivity contribution is 7.80. The van der Waals surface area contributed by atoms with Crippen LogP contribution in [0.25, 0.3) is 10.9 Å². The van der Waals surface area contributed by atoms with E-state index in [0.717, 1.165) is 80.2 Å². The number of aryl methyl sites for hydroxylation is 1. The molecule has 2 heterocycles. The Morgan fingerprint density at radius 3 is 2.78 bits per heavy atom. The summed E-state index contributed by atoms with van der Waals surface area (Å²) >= 11 is 5.85. The minimum atomic E-state index is -0.0164. The maximum absolute atomic E-state index is 12.8. The van der Waals surface area contributed by atoms with E-state index in [4.69, 9.17) is 17.0 Å². The first-order valence-electron chi connectivity index (χ1n) is 12.1. The van der Waals surface area contributed by atoms with Crippen molar-refractivity contribution in [2.75, 3.05) is 39.4 Å². The van der Waals surface area contributed by atoms with Gasteiger partial charge in [-0.05, 0) is 68.5 Å². The molecule has 0 unspecified atom stereocenters. The maximum Gasteiger partial charge on any atom is 0.253 e. The second-order valence-electron chi connectivity index (χ2n) is 9.17. The van der Waals surface area contributed by atoms with Gasteiger partial charge >= 0.3 is 0 Å². The van der Waals surface area contributed by atoms with E-state index in [2.05, 4.69) is 33.1 Å². The number of hydrogen-bond donors (Lipinski definition) is 2. The number of benzene rings is 1. The normalized spacial score (nSPS) is 18.0. The van der Waals surface area contributed by atoms with E-state index in [9.17, 15) is 4.79 Å². The van der Waals surface area contributed by atoms with Crippen molar-refractivity contribution < 1.29 is 4.74 Å². The van der Waals surface area contributed by atoms with Gasteiger partial charge in [0.2, 0.25) is 0 Å². The second kappa shape index (κ2) is 11.3.